The number of rotatable bonds is 0. The zero-order valence-corrected chi connectivity index (χ0v) is 29.8. The van der Waals surface area contributed by atoms with Gasteiger partial charge in [0.2, 0.25) is 0 Å². The predicted molar refractivity (Wildman–Crippen MR) is 160 cm³/mol. The molecule has 0 aromatic carbocycles. The van der Waals surface area contributed by atoms with Crippen molar-refractivity contribution in [3.63, 3.8) is 0 Å². The van der Waals surface area contributed by atoms with Crippen LogP contribution in [0.5, 0.6) is 0 Å². The standard InChI is InChI=1S/C13H24.C9H16.4C2H6.CH3.2ClH.Zr/c1-13(2,3)12-9-8-10-6-4-5-7-11(10)12;1-2-5-9-7-3-6-8(9)4-1;4*1-2;;;;/h10-12H,4-9H2,1-3H3;8-9H,1-7H2;4*1-2H3;1H3;2*1H;/q;;;;;;-1;;;+2/p-2. The van der Waals surface area contributed by atoms with Gasteiger partial charge in [0.05, 0.1) is 0 Å². The molecule has 5 atom stereocenters. The second-order valence-electron chi connectivity index (χ2n) is 10.1. The van der Waals surface area contributed by atoms with Gasteiger partial charge in [0.1, 0.15) is 0 Å². The van der Waals surface area contributed by atoms with Gasteiger partial charge in [0.25, 0.3) is 0 Å². The molecule has 0 bridgehead atoms. The van der Waals surface area contributed by atoms with Gasteiger partial charge in [-0.1, -0.05) is 140 Å². The van der Waals surface area contributed by atoms with Crippen molar-refractivity contribution in [2.75, 3.05) is 0 Å². The Bertz CT molecular complexity index is 355. The SMILES string of the molecule is C1CCC2CCCC2C1.CC.CC.CC.CC.CC(C)(C)C1CCC2CCCCC21.[CH3-].[Cl][Zr][Cl]. The van der Waals surface area contributed by atoms with E-state index in [9.17, 15) is 0 Å². The third-order valence-electron chi connectivity index (χ3n) is 7.66. The van der Waals surface area contributed by atoms with Crippen molar-refractivity contribution in [1.29, 1.82) is 0 Å². The predicted octanol–water partition coefficient (Wildman–Crippen LogP) is 13.2. The Balaban J connectivity index is -0.000000188. The second-order valence-corrected chi connectivity index (χ2v) is 13.8. The Morgan fingerprint density at radius 3 is 1.21 bits per heavy atom. The van der Waals surface area contributed by atoms with Crippen molar-refractivity contribution in [1.82, 2.24) is 0 Å². The van der Waals surface area contributed by atoms with E-state index in [-0.39, 0.29) is 7.43 Å². The molecule has 0 saturated heterocycles. The minimum atomic E-state index is -0.826. The van der Waals surface area contributed by atoms with Crippen molar-refractivity contribution in [3.8, 4) is 0 Å². The zero-order valence-electron chi connectivity index (χ0n) is 25.8. The first-order valence-electron chi connectivity index (χ1n) is 14.9. The van der Waals surface area contributed by atoms with Crippen LogP contribution in [0.4, 0.5) is 0 Å². The molecule has 4 fully saturated rings. The summed E-state index contributed by atoms with van der Waals surface area (Å²) in [6, 6.07) is 0. The molecule has 0 heterocycles. The normalized spacial score (nSPS) is 27.9. The topological polar surface area (TPSA) is 0 Å². The van der Waals surface area contributed by atoms with E-state index in [0.717, 1.165) is 17.8 Å². The Labute approximate surface area is 238 Å². The van der Waals surface area contributed by atoms with E-state index >= 15 is 0 Å². The number of halogens is 2. The summed E-state index contributed by atoms with van der Waals surface area (Å²) in [5.41, 5.74) is 0.566. The van der Waals surface area contributed by atoms with Crippen LogP contribution in [0.3, 0.4) is 0 Å². The van der Waals surface area contributed by atoms with Crippen LogP contribution in [0, 0.1) is 42.4 Å². The summed E-state index contributed by atoms with van der Waals surface area (Å²) in [5.74, 6) is 5.56. The molecule has 0 aromatic rings. The average Bonchev–Trinajstić information content (AvgIpc) is 3.52. The third-order valence-corrected chi connectivity index (χ3v) is 7.66. The molecule has 0 radical (unpaired) electrons. The van der Waals surface area contributed by atoms with Crippen LogP contribution in [0.25, 0.3) is 0 Å². The molecular weight excluding hydrogens is 534 g/mol. The summed E-state index contributed by atoms with van der Waals surface area (Å²) >= 11 is -0.826. The Morgan fingerprint density at radius 2 is 0.824 bits per heavy atom. The fraction of sp³-hybridized carbons (Fsp3) is 0.968. The maximum atomic E-state index is 4.93. The van der Waals surface area contributed by atoms with Crippen LogP contribution in [-0.4, -0.2) is 0 Å². The molecule has 4 aliphatic carbocycles. The molecule has 3 heteroatoms. The summed E-state index contributed by atoms with van der Waals surface area (Å²) in [6.45, 7) is 23.3. The van der Waals surface area contributed by atoms with E-state index in [1.807, 2.05) is 55.4 Å². The van der Waals surface area contributed by atoms with Gasteiger partial charge in [0, 0.05) is 0 Å². The van der Waals surface area contributed by atoms with Crippen LogP contribution in [0.1, 0.15) is 160 Å². The molecule has 34 heavy (non-hydrogen) atoms. The molecule has 4 aliphatic rings. The van der Waals surface area contributed by atoms with Crippen molar-refractivity contribution in [2.45, 2.75) is 160 Å². The van der Waals surface area contributed by atoms with Crippen LogP contribution in [0.2, 0.25) is 0 Å². The Morgan fingerprint density at radius 1 is 0.500 bits per heavy atom. The molecule has 0 aromatic heterocycles. The first-order chi connectivity index (χ1) is 16.0. The number of fused-ring (bicyclic) bond motifs is 2. The maximum absolute atomic E-state index is 4.93. The monoisotopic (exact) mass is 599 g/mol. The van der Waals surface area contributed by atoms with Crippen LogP contribution in [0.15, 0.2) is 0 Å². The van der Waals surface area contributed by atoms with Gasteiger partial charge >= 0.3 is 37.9 Å². The second kappa shape index (κ2) is 29.0. The molecule has 4 rings (SSSR count). The van der Waals surface area contributed by atoms with Gasteiger partial charge in [-0.15, -0.1) is 0 Å². The van der Waals surface area contributed by atoms with Crippen molar-refractivity contribution >= 4 is 17.0 Å². The summed E-state index contributed by atoms with van der Waals surface area (Å²) in [6.07, 6.45) is 20.0. The van der Waals surface area contributed by atoms with E-state index in [4.69, 9.17) is 17.0 Å². The van der Waals surface area contributed by atoms with E-state index in [1.165, 1.54) is 69.6 Å². The molecular formula is C31H67Cl2Zr-. The molecule has 0 N–H and O–H groups in total. The van der Waals surface area contributed by atoms with E-state index in [2.05, 4.69) is 20.8 Å². The van der Waals surface area contributed by atoms with Gasteiger partial charge < -0.3 is 7.43 Å². The van der Waals surface area contributed by atoms with Gasteiger partial charge in [-0.3, -0.25) is 0 Å². The Kier molecular flexibility index (Phi) is 36.3. The first kappa shape index (κ1) is 42.5. The van der Waals surface area contributed by atoms with Crippen LogP contribution < -0.4 is 0 Å². The van der Waals surface area contributed by atoms with E-state index in [1.54, 1.807) is 25.7 Å². The molecule has 210 valence electrons. The van der Waals surface area contributed by atoms with Crippen molar-refractivity contribution < 1.29 is 20.8 Å². The van der Waals surface area contributed by atoms with Crippen LogP contribution >= 0.6 is 17.0 Å². The van der Waals surface area contributed by atoms with Crippen molar-refractivity contribution in [2.24, 2.45) is 35.0 Å². The molecule has 0 spiro atoms. The molecule has 0 amide bonds. The third kappa shape index (κ3) is 17.8. The van der Waals surface area contributed by atoms with E-state index < -0.39 is 20.8 Å². The quantitative estimate of drug-likeness (QED) is 0.242. The van der Waals surface area contributed by atoms with Gasteiger partial charge in [-0.05, 0) is 54.3 Å². The summed E-state index contributed by atoms with van der Waals surface area (Å²) in [4.78, 5) is 0. The molecule has 0 aliphatic heterocycles. The summed E-state index contributed by atoms with van der Waals surface area (Å²) < 4.78 is 0. The van der Waals surface area contributed by atoms with Gasteiger partial charge in [0.15, 0.2) is 0 Å². The summed E-state index contributed by atoms with van der Waals surface area (Å²) in [7, 11) is 9.87. The minimum absolute atomic E-state index is 0. The zero-order chi connectivity index (χ0) is 26.3. The number of hydrogen-bond donors (Lipinski definition) is 0. The molecule has 4 saturated carbocycles. The molecule has 5 unspecified atom stereocenters. The van der Waals surface area contributed by atoms with Crippen molar-refractivity contribution in [3.05, 3.63) is 7.43 Å². The van der Waals surface area contributed by atoms with Crippen LogP contribution in [-0.2, 0) is 20.8 Å². The molecule has 0 nitrogen and oxygen atoms in total. The van der Waals surface area contributed by atoms with E-state index in [0.29, 0.717) is 5.41 Å². The fourth-order valence-electron chi connectivity index (χ4n) is 6.49. The summed E-state index contributed by atoms with van der Waals surface area (Å²) in [5, 5.41) is 0. The van der Waals surface area contributed by atoms with Gasteiger partial charge in [-0.2, -0.15) is 0 Å². The number of hydrogen-bond acceptors (Lipinski definition) is 0. The van der Waals surface area contributed by atoms with Gasteiger partial charge in [-0.25, -0.2) is 0 Å². The Hall–Kier alpha value is 1.46. The average molecular weight is 602 g/mol. The fourth-order valence-corrected chi connectivity index (χ4v) is 6.49. The first-order valence-corrected chi connectivity index (χ1v) is 21.3.